The molecule has 0 radical (unpaired) electrons. The van der Waals surface area contributed by atoms with Gasteiger partial charge in [0.2, 0.25) is 11.8 Å². The van der Waals surface area contributed by atoms with Crippen molar-refractivity contribution in [1.29, 1.82) is 0 Å². The molecular formula is C15H26N2O2. The molecule has 1 aliphatic heterocycles. The van der Waals surface area contributed by atoms with E-state index >= 15 is 0 Å². The van der Waals surface area contributed by atoms with Crippen LogP contribution in [-0.4, -0.2) is 34.8 Å². The molecule has 2 atom stereocenters. The minimum atomic E-state index is -0.644. The van der Waals surface area contributed by atoms with Crippen molar-refractivity contribution in [2.24, 2.45) is 5.92 Å². The highest BCUT2D eigenvalue weighted by Crippen LogP contribution is 2.42. The molecule has 2 amide bonds. The lowest BCUT2D eigenvalue weighted by molar-refractivity contribution is -0.155. The van der Waals surface area contributed by atoms with Crippen LogP contribution in [0, 0.1) is 5.92 Å². The van der Waals surface area contributed by atoms with Crippen molar-refractivity contribution >= 4 is 11.8 Å². The fourth-order valence-electron chi connectivity index (χ4n) is 3.06. The van der Waals surface area contributed by atoms with Gasteiger partial charge in [-0.3, -0.25) is 9.59 Å². The van der Waals surface area contributed by atoms with Crippen molar-refractivity contribution < 1.29 is 9.59 Å². The molecule has 2 rings (SSSR count). The molecule has 0 aromatic carbocycles. The van der Waals surface area contributed by atoms with E-state index in [1.807, 2.05) is 11.8 Å². The molecule has 108 valence electrons. The molecule has 4 nitrogen and oxygen atoms in total. The van der Waals surface area contributed by atoms with Crippen molar-refractivity contribution in [2.45, 2.75) is 70.9 Å². The Balaban J connectivity index is 2.19. The first-order valence-corrected chi connectivity index (χ1v) is 7.67. The second-order valence-electron chi connectivity index (χ2n) is 6.12. The Kier molecular flexibility index (Phi) is 4.16. The molecule has 0 aromatic heterocycles. The number of nitrogens with zero attached hydrogens (tertiary/aromatic N) is 1. The molecule has 0 bridgehead atoms. The maximum atomic E-state index is 12.8. The van der Waals surface area contributed by atoms with E-state index < -0.39 is 5.54 Å². The van der Waals surface area contributed by atoms with Crippen molar-refractivity contribution in [3.05, 3.63) is 0 Å². The Bertz CT molecular complexity index is 365. The fourth-order valence-corrected chi connectivity index (χ4v) is 3.06. The Morgan fingerprint density at radius 1 is 1.26 bits per heavy atom. The number of carbonyl (C=O) groups excluding carboxylic acids is 2. The second-order valence-corrected chi connectivity index (χ2v) is 6.12. The summed E-state index contributed by atoms with van der Waals surface area (Å²) in [6.07, 6.45) is 5.83. The SMILES string of the molecule is CCCCN1C(=O)C(C)(C2CC2)NC(=O)C1CCC. The van der Waals surface area contributed by atoms with Crippen LogP contribution in [0.2, 0.25) is 0 Å². The minimum absolute atomic E-state index is 0.0481. The number of nitrogens with one attached hydrogen (secondary N) is 1. The van der Waals surface area contributed by atoms with E-state index in [0.29, 0.717) is 5.92 Å². The van der Waals surface area contributed by atoms with Crippen LogP contribution in [0.25, 0.3) is 0 Å². The zero-order valence-corrected chi connectivity index (χ0v) is 12.4. The summed E-state index contributed by atoms with van der Waals surface area (Å²) in [6, 6.07) is -0.254. The Morgan fingerprint density at radius 2 is 1.95 bits per heavy atom. The molecule has 2 unspecified atom stereocenters. The maximum Gasteiger partial charge on any atom is 0.249 e. The summed E-state index contributed by atoms with van der Waals surface area (Å²) in [6.45, 7) is 6.80. The van der Waals surface area contributed by atoms with Crippen LogP contribution in [0.15, 0.2) is 0 Å². The predicted molar refractivity (Wildman–Crippen MR) is 74.6 cm³/mol. The summed E-state index contributed by atoms with van der Waals surface area (Å²) < 4.78 is 0. The number of hydrogen-bond donors (Lipinski definition) is 1. The third-order valence-corrected chi connectivity index (χ3v) is 4.48. The molecule has 4 heteroatoms. The highest BCUT2D eigenvalue weighted by molar-refractivity contribution is 6.00. The third-order valence-electron chi connectivity index (χ3n) is 4.48. The van der Waals surface area contributed by atoms with Crippen molar-refractivity contribution in [3.8, 4) is 0 Å². The lowest BCUT2D eigenvalue weighted by atomic mass is 9.88. The highest BCUT2D eigenvalue weighted by atomic mass is 16.2. The lowest BCUT2D eigenvalue weighted by Crippen LogP contribution is -2.70. The van der Waals surface area contributed by atoms with Crippen LogP contribution in [0.3, 0.4) is 0 Å². The quantitative estimate of drug-likeness (QED) is 0.800. The van der Waals surface area contributed by atoms with Gasteiger partial charge in [-0.25, -0.2) is 0 Å². The summed E-state index contributed by atoms with van der Waals surface area (Å²) in [5, 5.41) is 3.02. The number of unbranched alkanes of at least 4 members (excludes halogenated alkanes) is 1. The van der Waals surface area contributed by atoms with Crippen LogP contribution in [0.4, 0.5) is 0 Å². The first kappa shape index (κ1) is 14.4. The van der Waals surface area contributed by atoms with E-state index in [4.69, 9.17) is 0 Å². The topological polar surface area (TPSA) is 49.4 Å². The predicted octanol–water partition coefficient (Wildman–Crippen LogP) is 2.08. The van der Waals surface area contributed by atoms with E-state index in [1.165, 1.54) is 0 Å². The van der Waals surface area contributed by atoms with Crippen LogP contribution in [0.1, 0.15) is 59.3 Å². The van der Waals surface area contributed by atoms with E-state index in [0.717, 1.165) is 45.1 Å². The molecule has 2 fully saturated rings. The number of carbonyl (C=O) groups is 2. The summed E-state index contributed by atoms with van der Waals surface area (Å²) in [5.41, 5.74) is -0.644. The fraction of sp³-hybridized carbons (Fsp3) is 0.867. The van der Waals surface area contributed by atoms with Gasteiger partial charge in [0.15, 0.2) is 0 Å². The van der Waals surface area contributed by atoms with Crippen molar-refractivity contribution in [2.75, 3.05) is 6.54 Å². The molecular weight excluding hydrogens is 240 g/mol. The van der Waals surface area contributed by atoms with E-state index in [9.17, 15) is 9.59 Å². The largest absolute Gasteiger partial charge is 0.340 e. The van der Waals surface area contributed by atoms with E-state index in [-0.39, 0.29) is 17.9 Å². The van der Waals surface area contributed by atoms with Gasteiger partial charge in [-0.2, -0.15) is 0 Å². The van der Waals surface area contributed by atoms with Gasteiger partial charge in [-0.05, 0) is 38.5 Å². The summed E-state index contributed by atoms with van der Waals surface area (Å²) in [4.78, 5) is 27.0. The highest BCUT2D eigenvalue weighted by Gasteiger charge is 2.54. The van der Waals surface area contributed by atoms with Gasteiger partial charge in [-0.1, -0.05) is 26.7 Å². The van der Waals surface area contributed by atoms with Crippen LogP contribution in [-0.2, 0) is 9.59 Å². The van der Waals surface area contributed by atoms with Crippen molar-refractivity contribution in [1.82, 2.24) is 10.2 Å². The Hall–Kier alpha value is -1.06. The van der Waals surface area contributed by atoms with E-state index in [2.05, 4.69) is 19.2 Å². The average Bonchev–Trinajstić information content (AvgIpc) is 3.20. The summed E-state index contributed by atoms with van der Waals surface area (Å²) >= 11 is 0. The number of piperazine rings is 1. The van der Waals surface area contributed by atoms with Gasteiger partial charge in [0.05, 0.1) is 0 Å². The zero-order valence-electron chi connectivity index (χ0n) is 12.4. The number of rotatable bonds is 6. The first-order valence-electron chi connectivity index (χ1n) is 7.67. The minimum Gasteiger partial charge on any atom is -0.340 e. The molecule has 1 heterocycles. The summed E-state index contributed by atoms with van der Waals surface area (Å²) in [5.74, 6) is 0.532. The Labute approximate surface area is 115 Å². The van der Waals surface area contributed by atoms with Crippen LogP contribution in [0.5, 0.6) is 0 Å². The van der Waals surface area contributed by atoms with E-state index in [1.54, 1.807) is 0 Å². The van der Waals surface area contributed by atoms with Gasteiger partial charge in [-0.15, -0.1) is 0 Å². The van der Waals surface area contributed by atoms with Gasteiger partial charge >= 0.3 is 0 Å². The van der Waals surface area contributed by atoms with Gasteiger partial charge in [0.25, 0.3) is 0 Å². The molecule has 1 saturated carbocycles. The van der Waals surface area contributed by atoms with Gasteiger partial charge in [0, 0.05) is 6.54 Å². The molecule has 1 N–H and O–H groups in total. The summed E-state index contributed by atoms with van der Waals surface area (Å²) in [7, 11) is 0. The molecule has 1 aliphatic carbocycles. The van der Waals surface area contributed by atoms with Gasteiger partial charge < -0.3 is 10.2 Å². The number of hydrogen-bond acceptors (Lipinski definition) is 2. The molecule has 0 aromatic rings. The average molecular weight is 266 g/mol. The monoisotopic (exact) mass is 266 g/mol. The standard InChI is InChI=1S/C15H26N2O2/c1-4-6-10-17-12(7-5-2)13(18)16-15(3,14(17)19)11-8-9-11/h11-12H,4-10H2,1-3H3,(H,16,18). The smallest absolute Gasteiger partial charge is 0.249 e. The zero-order chi connectivity index (χ0) is 14.0. The lowest BCUT2D eigenvalue weighted by Gasteiger charge is -2.45. The molecule has 1 saturated heterocycles. The van der Waals surface area contributed by atoms with Crippen molar-refractivity contribution in [3.63, 3.8) is 0 Å². The number of amides is 2. The molecule has 2 aliphatic rings. The third kappa shape index (κ3) is 2.63. The van der Waals surface area contributed by atoms with Gasteiger partial charge in [0.1, 0.15) is 11.6 Å². The maximum absolute atomic E-state index is 12.8. The molecule has 19 heavy (non-hydrogen) atoms. The first-order chi connectivity index (χ1) is 9.04. The molecule has 0 spiro atoms. The second kappa shape index (κ2) is 5.51. The Morgan fingerprint density at radius 3 is 2.47 bits per heavy atom. The normalized spacial score (nSPS) is 31.5. The van der Waals surface area contributed by atoms with Crippen LogP contribution >= 0.6 is 0 Å². The van der Waals surface area contributed by atoms with Crippen LogP contribution < -0.4 is 5.32 Å².